The van der Waals surface area contributed by atoms with Crippen LogP contribution in [0.1, 0.15) is 37.8 Å². The Bertz CT molecular complexity index is 402. The van der Waals surface area contributed by atoms with Crippen LogP contribution in [0.3, 0.4) is 0 Å². The number of aliphatic hydroxyl groups is 1. The van der Waals surface area contributed by atoms with Gasteiger partial charge in [0.1, 0.15) is 0 Å². The molecule has 1 aromatic carbocycles. The fourth-order valence-electron chi connectivity index (χ4n) is 3.12. The van der Waals surface area contributed by atoms with Crippen molar-refractivity contribution >= 4 is 0 Å². The summed E-state index contributed by atoms with van der Waals surface area (Å²) in [7, 11) is 0. The SMILES string of the molecule is CC(C)CC(O)C1(CN)CCc2ccccc2C1. The second kappa shape index (κ2) is 5.41. The molecule has 0 radical (unpaired) electrons. The predicted octanol–water partition coefficient (Wildman–Crippen LogP) is 2.53. The van der Waals surface area contributed by atoms with Gasteiger partial charge in [0, 0.05) is 12.0 Å². The minimum absolute atomic E-state index is 0.112. The molecule has 2 unspecified atom stereocenters. The van der Waals surface area contributed by atoms with Gasteiger partial charge in [0.15, 0.2) is 0 Å². The molecule has 0 amide bonds. The maximum absolute atomic E-state index is 10.5. The van der Waals surface area contributed by atoms with Crippen molar-refractivity contribution in [3.8, 4) is 0 Å². The van der Waals surface area contributed by atoms with Crippen LogP contribution in [0.15, 0.2) is 24.3 Å². The highest BCUT2D eigenvalue weighted by atomic mass is 16.3. The molecule has 0 fully saturated rings. The van der Waals surface area contributed by atoms with Gasteiger partial charge in [-0.05, 0) is 42.7 Å². The first-order valence-corrected chi connectivity index (χ1v) is 7.02. The first kappa shape index (κ1) is 13.6. The van der Waals surface area contributed by atoms with Gasteiger partial charge < -0.3 is 10.8 Å². The zero-order valence-corrected chi connectivity index (χ0v) is 11.5. The van der Waals surface area contributed by atoms with Gasteiger partial charge in [0.25, 0.3) is 0 Å². The molecule has 18 heavy (non-hydrogen) atoms. The molecule has 1 aliphatic rings. The smallest absolute Gasteiger partial charge is 0.0614 e. The fraction of sp³-hybridized carbons (Fsp3) is 0.625. The Morgan fingerprint density at radius 2 is 1.94 bits per heavy atom. The second-order valence-corrected chi connectivity index (χ2v) is 6.16. The quantitative estimate of drug-likeness (QED) is 0.859. The maximum atomic E-state index is 10.5. The van der Waals surface area contributed by atoms with Crippen molar-refractivity contribution in [1.29, 1.82) is 0 Å². The number of nitrogens with two attached hydrogens (primary N) is 1. The van der Waals surface area contributed by atoms with Crippen molar-refractivity contribution in [3.63, 3.8) is 0 Å². The molecule has 1 aliphatic carbocycles. The van der Waals surface area contributed by atoms with E-state index in [9.17, 15) is 5.11 Å². The molecule has 2 nitrogen and oxygen atoms in total. The largest absolute Gasteiger partial charge is 0.392 e. The van der Waals surface area contributed by atoms with Crippen LogP contribution in [0.25, 0.3) is 0 Å². The molecule has 2 heteroatoms. The van der Waals surface area contributed by atoms with Gasteiger partial charge in [-0.2, -0.15) is 0 Å². The van der Waals surface area contributed by atoms with Gasteiger partial charge in [-0.25, -0.2) is 0 Å². The lowest BCUT2D eigenvalue weighted by molar-refractivity contribution is 0.00503. The highest BCUT2D eigenvalue weighted by molar-refractivity contribution is 5.31. The third-order valence-corrected chi connectivity index (χ3v) is 4.36. The molecule has 100 valence electrons. The normalized spacial score (nSPS) is 24.9. The molecule has 0 aliphatic heterocycles. The van der Waals surface area contributed by atoms with E-state index in [1.165, 1.54) is 11.1 Å². The zero-order chi connectivity index (χ0) is 13.2. The molecule has 0 bridgehead atoms. The second-order valence-electron chi connectivity index (χ2n) is 6.16. The average molecular weight is 247 g/mol. The van der Waals surface area contributed by atoms with Crippen LogP contribution in [0.2, 0.25) is 0 Å². The summed E-state index contributed by atoms with van der Waals surface area (Å²) in [6, 6.07) is 8.56. The number of rotatable bonds is 4. The van der Waals surface area contributed by atoms with E-state index in [4.69, 9.17) is 5.73 Å². The van der Waals surface area contributed by atoms with Gasteiger partial charge in [-0.15, -0.1) is 0 Å². The summed E-state index contributed by atoms with van der Waals surface area (Å²) in [6.07, 6.45) is 3.54. The Morgan fingerprint density at radius 1 is 1.28 bits per heavy atom. The lowest BCUT2D eigenvalue weighted by atomic mass is 9.67. The maximum Gasteiger partial charge on any atom is 0.0614 e. The van der Waals surface area contributed by atoms with Crippen molar-refractivity contribution in [2.75, 3.05) is 6.54 Å². The van der Waals surface area contributed by atoms with E-state index in [1.807, 2.05) is 0 Å². The number of fused-ring (bicyclic) bond motifs is 1. The number of benzene rings is 1. The standard InChI is InChI=1S/C16H25NO/c1-12(2)9-15(18)16(11-17)8-7-13-5-3-4-6-14(13)10-16/h3-6,12,15,18H,7-11,17H2,1-2H3. The van der Waals surface area contributed by atoms with Crippen LogP contribution in [-0.2, 0) is 12.8 Å². The number of aryl methyl sites for hydroxylation is 1. The molecule has 2 atom stereocenters. The Hall–Kier alpha value is -0.860. The first-order chi connectivity index (χ1) is 8.57. The molecule has 0 saturated carbocycles. The summed E-state index contributed by atoms with van der Waals surface area (Å²) in [6.45, 7) is 4.89. The van der Waals surface area contributed by atoms with E-state index in [1.54, 1.807) is 0 Å². The number of hydrogen-bond acceptors (Lipinski definition) is 2. The number of aliphatic hydroxyl groups excluding tert-OH is 1. The Labute approximate surface area is 110 Å². The van der Waals surface area contributed by atoms with Crippen molar-refractivity contribution in [2.45, 2.75) is 45.6 Å². The van der Waals surface area contributed by atoms with Gasteiger partial charge in [0.2, 0.25) is 0 Å². The van der Waals surface area contributed by atoms with Gasteiger partial charge in [-0.1, -0.05) is 38.1 Å². The third kappa shape index (κ3) is 2.60. The first-order valence-electron chi connectivity index (χ1n) is 7.02. The summed E-state index contributed by atoms with van der Waals surface area (Å²) >= 11 is 0. The molecule has 0 saturated heterocycles. The highest BCUT2D eigenvalue weighted by Gasteiger charge is 2.39. The summed E-state index contributed by atoms with van der Waals surface area (Å²) in [5, 5.41) is 10.5. The van der Waals surface area contributed by atoms with E-state index < -0.39 is 0 Å². The molecule has 1 aromatic rings. The average Bonchev–Trinajstić information content (AvgIpc) is 2.37. The molecule has 3 N–H and O–H groups in total. The fourth-order valence-corrected chi connectivity index (χ4v) is 3.12. The summed E-state index contributed by atoms with van der Waals surface area (Å²) in [5.41, 5.74) is 8.70. The van der Waals surface area contributed by atoms with E-state index >= 15 is 0 Å². The van der Waals surface area contributed by atoms with E-state index in [-0.39, 0.29) is 11.5 Å². The Morgan fingerprint density at radius 3 is 2.56 bits per heavy atom. The minimum atomic E-state index is -0.282. The lowest BCUT2D eigenvalue weighted by Crippen LogP contribution is -2.46. The summed E-state index contributed by atoms with van der Waals surface area (Å²) in [4.78, 5) is 0. The van der Waals surface area contributed by atoms with Crippen LogP contribution in [0, 0.1) is 11.3 Å². The summed E-state index contributed by atoms with van der Waals surface area (Å²) < 4.78 is 0. The predicted molar refractivity (Wildman–Crippen MR) is 75.4 cm³/mol. The van der Waals surface area contributed by atoms with Crippen molar-refractivity contribution in [2.24, 2.45) is 17.1 Å². The Kier molecular flexibility index (Phi) is 4.08. The molecule has 0 aromatic heterocycles. The van der Waals surface area contributed by atoms with Crippen molar-refractivity contribution in [3.05, 3.63) is 35.4 Å². The monoisotopic (exact) mass is 247 g/mol. The van der Waals surface area contributed by atoms with E-state index in [0.29, 0.717) is 12.5 Å². The van der Waals surface area contributed by atoms with E-state index in [2.05, 4.69) is 38.1 Å². The third-order valence-electron chi connectivity index (χ3n) is 4.36. The van der Waals surface area contributed by atoms with Crippen LogP contribution in [0.5, 0.6) is 0 Å². The van der Waals surface area contributed by atoms with Crippen LogP contribution in [0.4, 0.5) is 0 Å². The topological polar surface area (TPSA) is 46.2 Å². The molecular formula is C16H25NO. The number of hydrogen-bond donors (Lipinski definition) is 2. The van der Waals surface area contributed by atoms with Gasteiger partial charge in [-0.3, -0.25) is 0 Å². The van der Waals surface area contributed by atoms with Gasteiger partial charge in [0.05, 0.1) is 6.10 Å². The zero-order valence-electron chi connectivity index (χ0n) is 11.5. The molecule has 2 rings (SSSR count). The van der Waals surface area contributed by atoms with Crippen LogP contribution in [-0.4, -0.2) is 17.8 Å². The van der Waals surface area contributed by atoms with Crippen LogP contribution >= 0.6 is 0 Å². The van der Waals surface area contributed by atoms with Crippen molar-refractivity contribution in [1.82, 2.24) is 0 Å². The molecule has 0 spiro atoms. The Balaban J connectivity index is 2.21. The highest BCUT2D eigenvalue weighted by Crippen LogP contribution is 2.39. The van der Waals surface area contributed by atoms with Gasteiger partial charge >= 0.3 is 0 Å². The molecule has 0 heterocycles. The van der Waals surface area contributed by atoms with Crippen LogP contribution < -0.4 is 5.73 Å². The molecular weight excluding hydrogens is 222 g/mol. The van der Waals surface area contributed by atoms with Crippen molar-refractivity contribution < 1.29 is 5.11 Å². The van der Waals surface area contributed by atoms with E-state index in [0.717, 1.165) is 25.7 Å². The summed E-state index contributed by atoms with van der Waals surface area (Å²) in [5.74, 6) is 0.514. The lowest BCUT2D eigenvalue weighted by Gasteiger charge is -2.41. The minimum Gasteiger partial charge on any atom is -0.392 e.